The molecule has 0 saturated heterocycles. The third-order valence-electron chi connectivity index (χ3n) is 3.72. The number of anilines is 1. The number of para-hydroxylation sites is 1. The molecule has 3 N–H and O–H groups in total. The van der Waals surface area contributed by atoms with Gasteiger partial charge in [-0.05, 0) is 43.9 Å². The number of ether oxygens (including phenoxy) is 1. The first kappa shape index (κ1) is 21.9. The Morgan fingerprint density at radius 1 is 0.897 bits per heavy atom. The molecule has 0 aromatic heterocycles. The van der Waals surface area contributed by atoms with Crippen LogP contribution in [0.15, 0.2) is 54.6 Å². The molecule has 0 aliphatic carbocycles. The second-order valence-electron chi connectivity index (χ2n) is 6.64. The summed E-state index contributed by atoms with van der Waals surface area (Å²) in [6.07, 6.45) is 0. The smallest absolute Gasteiger partial charge is 0.258 e. The summed E-state index contributed by atoms with van der Waals surface area (Å²) in [6.45, 7) is 0.267. The van der Waals surface area contributed by atoms with Gasteiger partial charge in [-0.15, -0.1) is 0 Å². The molecule has 2 aromatic carbocycles. The molecule has 2 rings (SSSR count). The minimum absolute atomic E-state index is 0.114. The highest BCUT2D eigenvalue weighted by Gasteiger charge is 2.08. The fraction of sp³-hybridized carbons (Fsp3) is 0.286. The summed E-state index contributed by atoms with van der Waals surface area (Å²) in [5.74, 6) is -0.226. The van der Waals surface area contributed by atoms with Crippen LogP contribution in [0.3, 0.4) is 0 Å². The molecule has 0 fully saturated rings. The summed E-state index contributed by atoms with van der Waals surface area (Å²) in [5.41, 5.74) is 1.50. The van der Waals surface area contributed by atoms with Gasteiger partial charge in [-0.1, -0.05) is 30.3 Å². The molecule has 0 bridgehead atoms. The van der Waals surface area contributed by atoms with E-state index in [0.29, 0.717) is 11.4 Å². The van der Waals surface area contributed by atoms with Crippen LogP contribution >= 0.6 is 0 Å². The zero-order valence-corrected chi connectivity index (χ0v) is 16.6. The molecule has 0 spiro atoms. The normalized spacial score (nSPS) is 10.3. The first-order valence-electron chi connectivity index (χ1n) is 9.17. The Morgan fingerprint density at radius 3 is 2.38 bits per heavy atom. The van der Waals surface area contributed by atoms with Crippen LogP contribution in [-0.2, 0) is 20.9 Å². The summed E-state index contributed by atoms with van der Waals surface area (Å²) in [6, 6.07) is 16.2. The van der Waals surface area contributed by atoms with Crippen LogP contribution in [0, 0.1) is 0 Å². The summed E-state index contributed by atoms with van der Waals surface area (Å²) in [5, 5.41) is 8.04. The lowest BCUT2D eigenvalue weighted by Crippen LogP contribution is -2.38. The molecule has 8 heteroatoms. The molecule has 3 amide bonds. The zero-order valence-electron chi connectivity index (χ0n) is 16.6. The van der Waals surface area contributed by atoms with Crippen molar-refractivity contribution in [3.8, 4) is 5.75 Å². The minimum atomic E-state index is -0.380. The second-order valence-corrected chi connectivity index (χ2v) is 6.64. The van der Waals surface area contributed by atoms with Crippen LogP contribution in [0.25, 0.3) is 0 Å². The number of likely N-dealkylation sites (N-methyl/N-ethyl adjacent to an activating group) is 1. The van der Waals surface area contributed by atoms with Crippen molar-refractivity contribution >= 4 is 23.4 Å². The lowest BCUT2D eigenvalue weighted by atomic mass is 10.2. The Kier molecular flexibility index (Phi) is 8.65. The summed E-state index contributed by atoms with van der Waals surface area (Å²) < 4.78 is 5.32. The Hall–Kier alpha value is -3.39. The number of rotatable bonds is 10. The molecular formula is C21H26N4O4. The van der Waals surface area contributed by atoms with Gasteiger partial charge in [0.15, 0.2) is 6.61 Å². The van der Waals surface area contributed by atoms with E-state index in [9.17, 15) is 14.4 Å². The molecule has 0 heterocycles. The topological polar surface area (TPSA) is 99.8 Å². The van der Waals surface area contributed by atoms with Crippen LogP contribution in [0.5, 0.6) is 5.75 Å². The van der Waals surface area contributed by atoms with Gasteiger partial charge in [0.05, 0.1) is 13.1 Å². The Morgan fingerprint density at radius 2 is 1.66 bits per heavy atom. The fourth-order valence-corrected chi connectivity index (χ4v) is 2.41. The fourth-order valence-electron chi connectivity index (χ4n) is 2.41. The third kappa shape index (κ3) is 8.89. The SMILES string of the molecule is CN(C)CC(=O)Nc1cccc(CNC(=O)CNC(=O)COc2ccccc2)c1. The largest absolute Gasteiger partial charge is 0.484 e. The molecule has 0 aliphatic heterocycles. The van der Waals surface area contributed by atoms with Crippen LogP contribution in [0.2, 0.25) is 0 Å². The van der Waals surface area contributed by atoms with Crippen molar-refractivity contribution in [2.75, 3.05) is 39.1 Å². The maximum atomic E-state index is 11.9. The van der Waals surface area contributed by atoms with Crippen LogP contribution in [0.1, 0.15) is 5.56 Å². The molecular weight excluding hydrogens is 372 g/mol. The van der Waals surface area contributed by atoms with Gasteiger partial charge >= 0.3 is 0 Å². The van der Waals surface area contributed by atoms with Crippen LogP contribution in [-0.4, -0.2) is 56.4 Å². The van der Waals surface area contributed by atoms with E-state index in [-0.39, 0.29) is 44.0 Å². The van der Waals surface area contributed by atoms with E-state index in [1.54, 1.807) is 35.2 Å². The molecule has 0 unspecified atom stereocenters. The van der Waals surface area contributed by atoms with Crippen LogP contribution in [0.4, 0.5) is 5.69 Å². The van der Waals surface area contributed by atoms with Gasteiger partial charge < -0.3 is 25.6 Å². The van der Waals surface area contributed by atoms with E-state index in [1.165, 1.54) is 0 Å². The molecule has 0 radical (unpaired) electrons. The van der Waals surface area contributed by atoms with E-state index < -0.39 is 0 Å². The van der Waals surface area contributed by atoms with Gasteiger partial charge in [0.1, 0.15) is 5.75 Å². The number of carbonyl (C=O) groups excluding carboxylic acids is 3. The standard InChI is InChI=1S/C21H26N4O4/c1-25(2)14-20(27)24-17-8-6-7-16(11-17)12-22-19(26)13-23-21(28)15-29-18-9-4-3-5-10-18/h3-11H,12-15H2,1-2H3,(H,22,26)(H,23,28)(H,24,27). The van der Waals surface area contributed by atoms with Gasteiger partial charge in [-0.25, -0.2) is 0 Å². The second kappa shape index (κ2) is 11.5. The average molecular weight is 398 g/mol. The molecule has 0 aliphatic rings. The highest BCUT2D eigenvalue weighted by molar-refractivity contribution is 5.92. The predicted octanol–water partition coefficient (Wildman–Crippen LogP) is 0.998. The van der Waals surface area contributed by atoms with Gasteiger partial charge in [0.25, 0.3) is 5.91 Å². The maximum absolute atomic E-state index is 11.9. The number of hydrogen-bond donors (Lipinski definition) is 3. The number of hydrogen-bond acceptors (Lipinski definition) is 5. The lowest BCUT2D eigenvalue weighted by molar-refractivity contribution is -0.127. The van der Waals surface area contributed by atoms with E-state index in [4.69, 9.17) is 4.74 Å². The predicted molar refractivity (Wildman–Crippen MR) is 110 cm³/mol. The van der Waals surface area contributed by atoms with E-state index in [2.05, 4.69) is 16.0 Å². The van der Waals surface area contributed by atoms with E-state index >= 15 is 0 Å². The number of amides is 3. The molecule has 0 saturated carbocycles. The average Bonchev–Trinajstić information content (AvgIpc) is 2.69. The van der Waals surface area contributed by atoms with Crippen molar-refractivity contribution in [2.24, 2.45) is 0 Å². The third-order valence-corrected chi connectivity index (χ3v) is 3.72. The first-order chi connectivity index (χ1) is 13.9. The number of carbonyl (C=O) groups is 3. The molecule has 154 valence electrons. The van der Waals surface area contributed by atoms with E-state index in [0.717, 1.165) is 5.56 Å². The monoisotopic (exact) mass is 398 g/mol. The van der Waals surface area contributed by atoms with Gasteiger partial charge in [0, 0.05) is 12.2 Å². The van der Waals surface area contributed by atoms with Gasteiger partial charge in [-0.2, -0.15) is 0 Å². The van der Waals surface area contributed by atoms with Crippen molar-refractivity contribution in [2.45, 2.75) is 6.54 Å². The summed E-state index contributed by atoms with van der Waals surface area (Å²) >= 11 is 0. The Labute approximate surface area is 170 Å². The number of benzene rings is 2. The van der Waals surface area contributed by atoms with E-state index in [1.807, 2.05) is 38.4 Å². The van der Waals surface area contributed by atoms with Crippen LogP contribution < -0.4 is 20.7 Å². The molecule has 0 atom stereocenters. The minimum Gasteiger partial charge on any atom is -0.484 e. The number of nitrogens with zero attached hydrogens (tertiary/aromatic N) is 1. The van der Waals surface area contributed by atoms with Crippen molar-refractivity contribution in [3.63, 3.8) is 0 Å². The Balaban J connectivity index is 1.70. The van der Waals surface area contributed by atoms with Crippen molar-refractivity contribution in [3.05, 3.63) is 60.2 Å². The molecule has 8 nitrogen and oxygen atoms in total. The summed E-state index contributed by atoms with van der Waals surface area (Å²) in [4.78, 5) is 37.3. The molecule has 29 heavy (non-hydrogen) atoms. The maximum Gasteiger partial charge on any atom is 0.258 e. The zero-order chi connectivity index (χ0) is 21.1. The van der Waals surface area contributed by atoms with Gasteiger partial charge in [0.2, 0.25) is 11.8 Å². The lowest BCUT2D eigenvalue weighted by Gasteiger charge is -2.11. The summed E-state index contributed by atoms with van der Waals surface area (Å²) in [7, 11) is 3.64. The molecule has 2 aromatic rings. The first-order valence-corrected chi connectivity index (χ1v) is 9.17. The van der Waals surface area contributed by atoms with Crippen molar-refractivity contribution in [1.82, 2.24) is 15.5 Å². The highest BCUT2D eigenvalue weighted by Crippen LogP contribution is 2.10. The number of nitrogens with one attached hydrogen (secondary N) is 3. The quantitative estimate of drug-likeness (QED) is 0.554. The van der Waals surface area contributed by atoms with Crippen molar-refractivity contribution < 1.29 is 19.1 Å². The Bertz CT molecular complexity index is 824. The highest BCUT2D eigenvalue weighted by atomic mass is 16.5. The van der Waals surface area contributed by atoms with Gasteiger partial charge in [-0.3, -0.25) is 14.4 Å². The van der Waals surface area contributed by atoms with Crippen molar-refractivity contribution in [1.29, 1.82) is 0 Å².